The van der Waals surface area contributed by atoms with Crippen molar-refractivity contribution in [2.45, 2.75) is 52.2 Å². The molecule has 0 aromatic heterocycles. The molecule has 0 saturated heterocycles. The lowest BCUT2D eigenvalue weighted by molar-refractivity contribution is -0.156. The fourth-order valence-electron chi connectivity index (χ4n) is 1.21. The standard InChI is InChI=1S/C11H23NO4S/c1-5-7-17(14,15)8-6-9(12)10(13)16-11(2,3)4/h9H,5-8,12H2,1-4H3. The monoisotopic (exact) mass is 265 g/mol. The van der Waals surface area contributed by atoms with Crippen LogP contribution in [-0.4, -0.2) is 37.5 Å². The van der Waals surface area contributed by atoms with Crippen LogP contribution in [0.4, 0.5) is 0 Å². The van der Waals surface area contributed by atoms with Gasteiger partial charge in [-0.05, 0) is 33.6 Å². The van der Waals surface area contributed by atoms with Gasteiger partial charge in [0.1, 0.15) is 21.5 Å². The van der Waals surface area contributed by atoms with E-state index in [0.717, 1.165) is 0 Å². The number of carbonyl (C=O) groups is 1. The van der Waals surface area contributed by atoms with E-state index >= 15 is 0 Å². The Kier molecular flexibility index (Phi) is 6.12. The van der Waals surface area contributed by atoms with Crippen LogP contribution < -0.4 is 5.73 Å². The van der Waals surface area contributed by atoms with Gasteiger partial charge in [0.2, 0.25) is 0 Å². The zero-order valence-corrected chi connectivity index (χ0v) is 11.8. The molecule has 0 aromatic rings. The van der Waals surface area contributed by atoms with Crippen molar-refractivity contribution in [3.05, 3.63) is 0 Å². The van der Waals surface area contributed by atoms with E-state index in [1.165, 1.54) is 0 Å². The van der Waals surface area contributed by atoms with Gasteiger partial charge in [-0.1, -0.05) is 6.92 Å². The molecule has 0 aliphatic heterocycles. The first-order chi connectivity index (χ1) is 7.57. The second-order valence-corrected chi connectivity index (χ2v) is 7.38. The summed E-state index contributed by atoms with van der Waals surface area (Å²) in [5, 5.41) is 0. The Morgan fingerprint density at radius 2 is 1.82 bits per heavy atom. The first kappa shape index (κ1) is 16.4. The number of hydrogen-bond donors (Lipinski definition) is 1. The second kappa shape index (κ2) is 6.35. The minimum Gasteiger partial charge on any atom is -0.459 e. The third-order valence-corrected chi connectivity index (χ3v) is 3.85. The Labute approximate surface area is 104 Å². The van der Waals surface area contributed by atoms with Crippen LogP contribution in [0.15, 0.2) is 0 Å². The fraction of sp³-hybridized carbons (Fsp3) is 0.909. The quantitative estimate of drug-likeness (QED) is 0.720. The molecule has 0 aliphatic carbocycles. The third kappa shape index (κ3) is 8.15. The molecule has 0 aromatic carbocycles. The van der Waals surface area contributed by atoms with Gasteiger partial charge in [-0.2, -0.15) is 0 Å². The van der Waals surface area contributed by atoms with Crippen LogP contribution in [0.1, 0.15) is 40.5 Å². The molecule has 2 N–H and O–H groups in total. The van der Waals surface area contributed by atoms with Gasteiger partial charge in [0.05, 0.1) is 5.75 Å². The largest absolute Gasteiger partial charge is 0.459 e. The predicted molar refractivity (Wildman–Crippen MR) is 67.4 cm³/mol. The van der Waals surface area contributed by atoms with Crippen LogP contribution in [0.2, 0.25) is 0 Å². The maximum Gasteiger partial charge on any atom is 0.323 e. The van der Waals surface area contributed by atoms with E-state index in [-0.39, 0.29) is 17.9 Å². The van der Waals surface area contributed by atoms with Crippen LogP contribution in [0.3, 0.4) is 0 Å². The molecule has 1 unspecified atom stereocenters. The van der Waals surface area contributed by atoms with Gasteiger partial charge in [-0.3, -0.25) is 4.79 Å². The van der Waals surface area contributed by atoms with Crippen molar-refractivity contribution >= 4 is 15.8 Å². The van der Waals surface area contributed by atoms with Crippen molar-refractivity contribution in [1.82, 2.24) is 0 Å². The van der Waals surface area contributed by atoms with Crippen LogP contribution in [0.5, 0.6) is 0 Å². The van der Waals surface area contributed by atoms with Gasteiger partial charge in [0.15, 0.2) is 0 Å². The summed E-state index contributed by atoms with van der Waals surface area (Å²) in [4.78, 5) is 11.5. The lowest BCUT2D eigenvalue weighted by atomic mass is 10.2. The second-order valence-electron chi connectivity index (χ2n) is 5.08. The van der Waals surface area contributed by atoms with E-state index in [1.807, 2.05) is 0 Å². The number of rotatable bonds is 6. The maximum atomic E-state index is 11.5. The van der Waals surface area contributed by atoms with Gasteiger partial charge in [-0.15, -0.1) is 0 Å². The van der Waals surface area contributed by atoms with Gasteiger partial charge >= 0.3 is 5.97 Å². The summed E-state index contributed by atoms with van der Waals surface area (Å²) in [7, 11) is -3.09. The summed E-state index contributed by atoms with van der Waals surface area (Å²) in [6.07, 6.45) is 0.682. The lowest BCUT2D eigenvalue weighted by Gasteiger charge is -2.22. The summed E-state index contributed by atoms with van der Waals surface area (Å²) in [5.74, 6) is -0.487. The number of esters is 1. The van der Waals surface area contributed by atoms with E-state index < -0.39 is 27.4 Å². The summed E-state index contributed by atoms with van der Waals surface area (Å²) in [5.41, 5.74) is 4.99. The van der Waals surface area contributed by atoms with Crippen molar-refractivity contribution in [2.75, 3.05) is 11.5 Å². The van der Waals surface area contributed by atoms with Crippen molar-refractivity contribution in [1.29, 1.82) is 0 Å². The molecule has 0 spiro atoms. The van der Waals surface area contributed by atoms with Gasteiger partial charge in [0, 0.05) is 5.75 Å². The number of ether oxygens (including phenoxy) is 1. The zero-order valence-electron chi connectivity index (χ0n) is 11.0. The van der Waals surface area contributed by atoms with E-state index in [2.05, 4.69) is 0 Å². The summed E-state index contributed by atoms with van der Waals surface area (Å²) in [6, 6.07) is -0.874. The third-order valence-electron chi connectivity index (χ3n) is 1.96. The summed E-state index contributed by atoms with van der Waals surface area (Å²) in [6.45, 7) is 7.02. The Balaban J connectivity index is 4.19. The number of sulfone groups is 1. The zero-order chi connectivity index (χ0) is 13.7. The first-order valence-corrected chi connectivity index (χ1v) is 7.58. The number of nitrogens with two attached hydrogens (primary N) is 1. The van der Waals surface area contributed by atoms with Crippen LogP contribution in [0, 0.1) is 0 Å². The molecule has 0 heterocycles. The fourth-order valence-corrected chi connectivity index (χ4v) is 2.65. The molecule has 0 radical (unpaired) electrons. The highest BCUT2D eigenvalue weighted by Gasteiger charge is 2.23. The molecule has 0 bridgehead atoms. The SMILES string of the molecule is CCCS(=O)(=O)CCC(N)C(=O)OC(C)(C)C. The average Bonchev–Trinajstić information content (AvgIpc) is 2.11. The molecule has 0 amide bonds. The smallest absolute Gasteiger partial charge is 0.323 e. The maximum absolute atomic E-state index is 11.5. The van der Waals surface area contributed by atoms with Crippen LogP contribution in [0.25, 0.3) is 0 Å². The van der Waals surface area contributed by atoms with Gasteiger partial charge in [-0.25, -0.2) is 8.42 Å². The lowest BCUT2D eigenvalue weighted by Crippen LogP contribution is -2.38. The van der Waals surface area contributed by atoms with Gasteiger partial charge in [0.25, 0.3) is 0 Å². The average molecular weight is 265 g/mol. The highest BCUT2D eigenvalue weighted by atomic mass is 32.2. The van der Waals surface area contributed by atoms with E-state index in [0.29, 0.717) is 6.42 Å². The van der Waals surface area contributed by atoms with Crippen molar-refractivity contribution in [3.8, 4) is 0 Å². The molecule has 0 aliphatic rings. The highest BCUT2D eigenvalue weighted by molar-refractivity contribution is 7.91. The first-order valence-electron chi connectivity index (χ1n) is 5.76. The Hall–Kier alpha value is -0.620. The molecular weight excluding hydrogens is 242 g/mol. The Bertz CT molecular complexity index is 343. The minimum absolute atomic E-state index is 0.0682. The van der Waals surface area contributed by atoms with E-state index in [9.17, 15) is 13.2 Å². The molecule has 5 nitrogen and oxygen atoms in total. The van der Waals surface area contributed by atoms with Crippen molar-refractivity contribution < 1.29 is 17.9 Å². The molecule has 17 heavy (non-hydrogen) atoms. The molecular formula is C11H23NO4S. The minimum atomic E-state index is -3.09. The molecule has 6 heteroatoms. The molecule has 0 fully saturated rings. The summed E-state index contributed by atoms with van der Waals surface area (Å²) >= 11 is 0. The summed E-state index contributed by atoms with van der Waals surface area (Å²) < 4.78 is 27.9. The Morgan fingerprint density at radius 1 is 1.29 bits per heavy atom. The Morgan fingerprint density at radius 3 is 2.24 bits per heavy atom. The van der Waals surface area contributed by atoms with Crippen molar-refractivity contribution in [2.24, 2.45) is 5.73 Å². The number of hydrogen-bond acceptors (Lipinski definition) is 5. The normalized spacial score (nSPS) is 14.4. The molecule has 102 valence electrons. The molecule has 0 rings (SSSR count). The van der Waals surface area contributed by atoms with E-state index in [4.69, 9.17) is 10.5 Å². The topological polar surface area (TPSA) is 86.5 Å². The molecule has 1 atom stereocenters. The predicted octanol–water partition coefficient (Wildman–Crippen LogP) is 0.870. The number of carbonyl (C=O) groups excluding carboxylic acids is 1. The van der Waals surface area contributed by atoms with Crippen molar-refractivity contribution in [3.63, 3.8) is 0 Å². The van der Waals surface area contributed by atoms with E-state index in [1.54, 1.807) is 27.7 Å². The van der Waals surface area contributed by atoms with Gasteiger partial charge < -0.3 is 10.5 Å². The van der Waals surface area contributed by atoms with Crippen LogP contribution in [-0.2, 0) is 19.4 Å². The van der Waals surface area contributed by atoms with Crippen LogP contribution >= 0.6 is 0 Å². The molecule has 0 saturated carbocycles. The highest BCUT2D eigenvalue weighted by Crippen LogP contribution is 2.09.